The fourth-order valence-corrected chi connectivity index (χ4v) is 6.66. The Morgan fingerprint density at radius 2 is 1.62 bits per heavy atom. The van der Waals surface area contributed by atoms with Crippen LogP contribution in [-0.4, -0.2) is 51.0 Å². The van der Waals surface area contributed by atoms with E-state index in [0.717, 1.165) is 22.0 Å². The lowest BCUT2D eigenvalue weighted by molar-refractivity contribution is -0.149. The number of ether oxygens (including phenoxy) is 2. The molecule has 0 saturated carbocycles. The molecule has 0 saturated heterocycles. The number of aromatic nitrogens is 3. The highest BCUT2D eigenvalue weighted by Gasteiger charge is 2.41. The van der Waals surface area contributed by atoms with Crippen LogP contribution in [-0.2, 0) is 43.1 Å². The van der Waals surface area contributed by atoms with Crippen LogP contribution in [0.15, 0.2) is 84.9 Å². The Labute approximate surface area is 262 Å². The van der Waals surface area contributed by atoms with E-state index in [9.17, 15) is 9.36 Å². The number of anilines is 1. The topological polar surface area (TPSA) is 131 Å². The van der Waals surface area contributed by atoms with Crippen LogP contribution in [0.1, 0.15) is 32.2 Å². The van der Waals surface area contributed by atoms with Crippen LogP contribution in [0.3, 0.4) is 0 Å². The molecule has 3 atom stereocenters. The summed E-state index contributed by atoms with van der Waals surface area (Å²) >= 11 is 0. The van der Waals surface area contributed by atoms with Gasteiger partial charge >= 0.3 is 13.7 Å². The van der Waals surface area contributed by atoms with E-state index in [1.807, 2.05) is 72.2 Å². The number of nitrogen functional groups attached to an aromatic ring is 1. The van der Waals surface area contributed by atoms with Gasteiger partial charge in [0.05, 0.1) is 23.7 Å². The van der Waals surface area contributed by atoms with E-state index in [1.54, 1.807) is 38.1 Å². The molecule has 0 aliphatic rings. The highest BCUT2D eigenvalue weighted by molar-refractivity contribution is 7.51. The van der Waals surface area contributed by atoms with Gasteiger partial charge in [-0.05, 0) is 51.6 Å². The summed E-state index contributed by atoms with van der Waals surface area (Å²) in [7, 11) is -2.61. The van der Waals surface area contributed by atoms with E-state index in [1.165, 1.54) is 11.7 Å². The monoisotopic (exact) mass is 631 g/mol. The van der Waals surface area contributed by atoms with Gasteiger partial charge in [-0.25, -0.2) is 14.5 Å². The zero-order valence-electron chi connectivity index (χ0n) is 25.8. The molecule has 3 aromatic carbocycles. The molecule has 0 aliphatic heterocycles. The second-order valence-electron chi connectivity index (χ2n) is 10.6. The zero-order valence-corrected chi connectivity index (χ0v) is 26.7. The third-order valence-electron chi connectivity index (χ3n) is 7.35. The van der Waals surface area contributed by atoms with E-state index in [2.05, 4.69) is 4.98 Å². The average molecular weight is 632 g/mol. The number of fused-ring (bicyclic) bond motifs is 3. The van der Waals surface area contributed by atoms with Gasteiger partial charge < -0.3 is 24.3 Å². The third kappa shape index (κ3) is 7.34. The number of hydrogen-bond donors (Lipinski definition) is 1. The van der Waals surface area contributed by atoms with Crippen molar-refractivity contribution in [2.75, 3.05) is 19.4 Å². The number of carbonyl (C=O) groups excluding carboxylic acids is 1. The molecule has 2 N–H and O–H groups in total. The Hall–Kier alpha value is -4.28. The Morgan fingerprint density at radius 3 is 2.33 bits per heavy atom. The molecule has 0 amide bonds. The van der Waals surface area contributed by atoms with Crippen LogP contribution in [0, 0.1) is 0 Å². The van der Waals surface area contributed by atoms with Gasteiger partial charge in [0.1, 0.15) is 36.3 Å². The Kier molecular flexibility index (Phi) is 10.1. The molecule has 45 heavy (non-hydrogen) atoms. The van der Waals surface area contributed by atoms with Gasteiger partial charge in [-0.3, -0.25) is 9.32 Å². The number of esters is 1. The molecule has 0 radical (unpaired) electrons. The minimum absolute atomic E-state index is 0.0845. The Balaban J connectivity index is 1.44. The maximum absolute atomic E-state index is 14.6. The number of hydrogen-bond acceptors (Lipinski definition) is 9. The molecule has 5 rings (SSSR count). The summed E-state index contributed by atoms with van der Waals surface area (Å²) in [6.45, 7) is 6.34. The molecule has 12 heteroatoms. The first kappa shape index (κ1) is 32.1. The van der Waals surface area contributed by atoms with Gasteiger partial charge in [-0.2, -0.15) is 4.67 Å². The van der Waals surface area contributed by atoms with Gasteiger partial charge in [0.2, 0.25) is 0 Å². The summed E-state index contributed by atoms with van der Waals surface area (Å²) in [5, 5.41) is 0.861. The Morgan fingerprint density at radius 1 is 0.956 bits per heavy atom. The van der Waals surface area contributed by atoms with Gasteiger partial charge in [-0.15, -0.1) is 0 Å². The number of likely N-dealkylation sites (N-methyl/N-ethyl adjacent to an activating group) is 1. The number of pyridine rings is 1. The maximum Gasteiger partial charge on any atom is 0.462 e. The number of rotatable bonds is 14. The van der Waals surface area contributed by atoms with Crippen molar-refractivity contribution < 1.29 is 27.9 Å². The summed E-state index contributed by atoms with van der Waals surface area (Å²) in [5.74, 6) is 0.690. The van der Waals surface area contributed by atoms with Crippen LogP contribution < -0.4 is 10.3 Å². The molecule has 11 nitrogen and oxygen atoms in total. The van der Waals surface area contributed by atoms with E-state index < -0.39 is 25.9 Å². The van der Waals surface area contributed by atoms with E-state index in [0.29, 0.717) is 29.5 Å². The molecule has 2 heterocycles. The number of imidazole rings is 1. The van der Waals surface area contributed by atoms with Crippen molar-refractivity contribution in [1.82, 2.24) is 19.2 Å². The molecule has 2 aromatic heterocycles. The smallest absolute Gasteiger partial charge is 0.460 e. The summed E-state index contributed by atoms with van der Waals surface area (Å²) in [6.07, 6.45) is -0.680. The Bertz CT molecular complexity index is 1800. The maximum atomic E-state index is 14.6. The normalized spacial score (nSPS) is 14.3. The van der Waals surface area contributed by atoms with Crippen molar-refractivity contribution in [2.45, 2.75) is 52.7 Å². The van der Waals surface area contributed by atoms with Gasteiger partial charge in [0.25, 0.3) is 0 Å². The average Bonchev–Trinajstić information content (AvgIpc) is 3.41. The van der Waals surface area contributed by atoms with Crippen molar-refractivity contribution >= 4 is 41.5 Å². The summed E-state index contributed by atoms with van der Waals surface area (Å²) in [6, 6.07) is 24.8. The first-order valence-electron chi connectivity index (χ1n) is 14.8. The van der Waals surface area contributed by atoms with E-state index in [-0.39, 0.29) is 19.8 Å². The fraction of sp³-hybridized carbons (Fsp3) is 0.303. The molecule has 0 bridgehead atoms. The lowest BCUT2D eigenvalue weighted by atomic mass is 10.2. The molecule has 0 spiro atoms. The SMILES string of the molecule is CCOCc1nc2c(N)nc3ccccc3c2n1C[C@@H](C)OP(=O)(Oc1ccccc1)N(C)[C@@H](C)C(=O)OCc1ccccc1. The second-order valence-corrected chi connectivity index (χ2v) is 12.6. The molecule has 0 aliphatic carbocycles. The number of para-hydroxylation sites is 2. The van der Waals surface area contributed by atoms with Crippen LogP contribution in [0.2, 0.25) is 0 Å². The van der Waals surface area contributed by atoms with Crippen molar-refractivity contribution in [3.05, 3.63) is 96.3 Å². The van der Waals surface area contributed by atoms with Crippen LogP contribution in [0.4, 0.5) is 5.82 Å². The molecular weight excluding hydrogens is 593 g/mol. The third-order valence-corrected chi connectivity index (χ3v) is 9.54. The fourth-order valence-electron chi connectivity index (χ4n) is 4.91. The van der Waals surface area contributed by atoms with E-state index >= 15 is 0 Å². The summed E-state index contributed by atoms with van der Waals surface area (Å²) in [4.78, 5) is 22.4. The number of benzene rings is 3. The lowest BCUT2D eigenvalue weighted by Crippen LogP contribution is -2.37. The minimum Gasteiger partial charge on any atom is -0.460 e. The van der Waals surface area contributed by atoms with E-state index in [4.69, 9.17) is 29.2 Å². The van der Waals surface area contributed by atoms with Gasteiger partial charge in [0, 0.05) is 12.0 Å². The highest BCUT2D eigenvalue weighted by atomic mass is 31.2. The molecule has 0 fully saturated rings. The largest absolute Gasteiger partial charge is 0.462 e. The molecule has 1 unspecified atom stereocenters. The predicted octanol–water partition coefficient (Wildman–Crippen LogP) is 6.36. The number of nitrogens with two attached hydrogens (primary N) is 1. The second kappa shape index (κ2) is 14.2. The predicted molar refractivity (Wildman–Crippen MR) is 173 cm³/mol. The number of carbonyl (C=O) groups is 1. The zero-order chi connectivity index (χ0) is 32.0. The van der Waals surface area contributed by atoms with Crippen molar-refractivity contribution in [2.24, 2.45) is 0 Å². The summed E-state index contributed by atoms with van der Waals surface area (Å²) < 4.78 is 41.5. The van der Waals surface area contributed by atoms with Crippen molar-refractivity contribution in [3.8, 4) is 5.75 Å². The van der Waals surface area contributed by atoms with Crippen molar-refractivity contribution in [3.63, 3.8) is 0 Å². The standard InChI is InChI=1S/C33H38N5O6P/c1-5-41-22-29-36-30-31(27-18-12-13-19-28(27)35-32(30)34)38(29)20-23(2)43-45(40,44-26-16-10-7-11-17-26)37(4)24(3)33(39)42-21-25-14-8-6-9-15-25/h6-19,23-24H,5,20-22H2,1-4H3,(H2,34,35)/t23-,24+,45?/m1/s1. The highest BCUT2D eigenvalue weighted by Crippen LogP contribution is 2.53. The van der Waals surface area contributed by atoms with Gasteiger partial charge in [0.15, 0.2) is 5.82 Å². The first-order valence-corrected chi connectivity index (χ1v) is 16.3. The van der Waals surface area contributed by atoms with Gasteiger partial charge in [-0.1, -0.05) is 66.7 Å². The first-order chi connectivity index (χ1) is 21.7. The minimum atomic E-state index is -4.14. The van der Waals surface area contributed by atoms with Crippen LogP contribution in [0.5, 0.6) is 5.75 Å². The summed E-state index contributed by atoms with van der Waals surface area (Å²) in [5.41, 5.74) is 9.22. The molecule has 5 aromatic rings. The number of nitrogens with zero attached hydrogens (tertiary/aromatic N) is 4. The molecular formula is C33H38N5O6P. The quantitative estimate of drug-likeness (QED) is 0.109. The van der Waals surface area contributed by atoms with Crippen LogP contribution in [0.25, 0.3) is 21.9 Å². The lowest BCUT2D eigenvalue weighted by Gasteiger charge is -2.32. The van der Waals surface area contributed by atoms with Crippen molar-refractivity contribution in [1.29, 1.82) is 0 Å². The van der Waals surface area contributed by atoms with Crippen LogP contribution >= 0.6 is 7.75 Å². The molecule has 236 valence electrons.